The molecule has 6 nitrogen and oxygen atoms in total. The molecule has 0 unspecified atom stereocenters. The van der Waals surface area contributed by atoms with Gasteiger partial charge in [0.25, 0.3) is 0 Å². The monoisotopic (exact) mass is 422 g/mol. The van der Waals surface area contributed by atoms with E-state index in [0.717, 1.165) is 59.9 Å². The molecule has 32 heavy (non-hydrogen) atoms. The van der Waals surface area contributed by atoms with Crippen LogP contribution in [0.25, 0.3) is 44.8 Å². The average molecular weight is 423 g/mol. The second-order valence-corrected chi connectivity index (χ2v) is 8.76. The summed E-state index contributed by atoms with van der Waals surface area (Å²) in [5, 5.41) is 0. The molecule has 1 fully saturated rings. The third-order valence-corrected chi connectivity index (χ3v) is 6.42. The highest BCUT2D eigenvalue weighted by Gasteiger charge is 2.16. The van der Waals surface area contributed by atoms with Crippen molar-refractivity contribution in [1.82, 2.24) is 24.8 Å². The fraction of sp³-hybridized carbons (Fsp3) is 0.231. The number of fused-ring (bicyclic) bond motifs is 2. The van der Waals surface area contributed by atoms with Crippen LogP contribution in [0.15, 0.2) is 60.7 Å². The molecule has 0 spiro atoms. The van der Waals surface area contributed by atoms with Crippen LogP contribution in [-0.2, 0) is 0 Å². The molecule has 0 amide bonds. The predicted octanol–water partition coefficient (Wildman–Crippen LogP) is 4.83. The lowest BCUT2D eigenvalue weighted by Gasteiger charge is -2.34. The Balaban J connectivity index is 1.32. The van der Waals surface area contributed by atoms with E-state index in [0.29, 0.717) is 0 Å². The van der Waals surface area contributed by atoms with E-state index in [1.807, 2.05) is 0 Å². The maximum Gasteiger partial charge on any atom is 0.174 e. The number of aromatic nitrogens is 4. The molecule has 0 aliphatic carbocycles. The molecule has 2 N–H and O–H groups in total. The molecular formula is C26H26N6. The lowest BCUT2D eigenvalue weighted by Crippen LogP contribution is -2.44. The number of nitrogens with zero attached hydrogens (tertiary/aromatic N) is 4. The summed E-state index contributed by atoms with van der Waals surface area (Å²) in [5.74, 6) is 1.53. The lowest BCUT2D eigenvalue weighted by molar-refractivity contribution is 0.313. The standard InChI is InChI=1S/C26H26N6/c1-17-3-5-18(6-4-17)19-7-9-21-23(15-19)29-25(27-21)26-28-22-10-8-20(16-24(22)30-26)32-13-11-31(2)12-14-32/h3-10,15-16H,11-14H2,1-2H3,(H,27,29)(H,28,30). The van der Waals surface area contributed by atoms with Crippen molar-refractivity contribution in [3.05, 3.63) is 66.2 Å². The maximum absolute atomic E-state index is 4.79. The number of nitrogens with one attached hydrogen (secondary N) is 2. The molecule has 2 aromatic heterocycles. The van der Waals surface area contributed by atoms with Crippen molar-refractivity contribution in [1.29, 1.82) is 0 Å². The van der Waals surface area contributed by atoms with Gasteiger partial charge >= 0.3 is 0 Å². The van der Waals surface area contributed by atoms with Crippen LogP contribution in [0.5, 0.6) is 0 Å². The summed E-state index contributed by atoms with van der Waals surface area (Å²) in [5.41, 5.74) is 8.83. The minimum absolute atomic E-state index is 0.762. The van der Waals surface area contributed by atoms with Gasteiger partial charge in [0.15, 0.2) is 11.6 Å². The first-order valence-electron chi connectivity index (χ1n) is 11.1. The Morgan fingerprint density at radius 1 is 0.688 bits per heavy atom. The number of aryl methyl sites for hydroxylation is 1. The lowest BCUT2D eigenvalue weighted by atomic mass is 10.0. The first-order chi connectivity index (χ1) is 15.6. The SMILES string of the molecule is Cc1ccc(-c2ccc3nc(-c4nc5ccc(N6CCN(C)CC6)cc5[nH]4)[nH]c3c2)cc1. The van der Waals surface area contributed by atoms with Gasteiger partial charge in [0, 0.05) is 31.9 Å². The van der Waals surface area contributed by atoms with Crippen LogP contribution in [0.4, 0.5) is 5.69 Å². The van der Waals surface area contributed by atoms with Gasteiger partial charge in [-0.2, -0.15) is 0 Å². The number of anilines is 1. The molecule has 1 aliphatic rings. The van der Waals surface area contributed by atoms with Crippen molar-refractivity contribution in [2.75, 3.05) is 38.1 Å². The molecule has 1 aliphatic heterocycles. The summed E-state index contributed by atoms with van der Waals surface area (Å²) in [7, 11) is 2.18. The maximum atomic E-state index is 4.79. The Labute approximate surface area is 186 Å². The van der Waals surface area contributed by atoms with Crippen LogP contribution < -0.4 is 4.90 Å². The van der Waals surface area contributed by atoms with Crippen molar-refractivity contribution in [3.8, 4) is 22.8 Å². The topological polar surface area (TPSA) is 63.8 Å². The van der Waals surface area contributed by atoms with Crippen molar-refractivity contribution in [3.63, 3.8) is 0 Å². The summed E-state index contributed by atoms with van der Waals surface area (Å²) in [6.45, 7) is 6.40. The largest absolute Gasteiger partial charge is 0.369 e. The molecule has 3 heterocycles. The van der Waals surface area contributed by atoms with Gasteiger partial charge in [-0.05, 0) is 55.4 Å². The highest BCUT2D eigenvalue weighted by atomic mass is 15.2. The van der Waals surface area contributed by atoms with Crippen LogP contribution in [0.2, 0.25) is 0 Å². The first-order valence-corrected chi connectivity index (χ1v) is 11.1. The third-order valence-electron chi connectivity index (χ3n) is 6.42. The molecule has 1 saturated heterocycles. The normalized spacial score (nSPS) is 15.1. The van der Waals surface area contributed by atoms with Crippen LogP contribution in [0.3, 0.4) is 0 Å². The van der Waals surface area contributed by atoms with E-state index in [-0.39, 0.29) is 0 Å². The number of likely N-dealkylation sites (N-methyl/N-ethyl adjacent to an activating group) is 1. The van der Waals surface area contributed by atoms with E-state index < -0.39 is 0 Å². The molecule has 6 rings (SSSR count). The molecule has 0 radical (unpaired) electrons. The van der Waals surface area contributed by atoms with Crippen LogP contribution >= 0.6 is 0 Å². The molecule has 3 aromatic carbocycles. The van der Waals surface area contributed by atoms with Gasteiger partial charge in [-0.25, -0.2) is 9.97 Å². The number of benzene rings is 3. The van der Waals surface area contributed by atoms with Gasteiger partial charge in [0.1, 0.15) is 0 Å². The van der Waals surface area contributed by atoms with E-state index in [2.05, 4.69) is 94.4 Å². The minimum atomic E-state index is 0.762. The summed E-state index contributed by atoms with van der Waals surface area (Å²) < 4.78 is 0. The summed E-state index contributed by atoms with van der Waals surface area (Å²) in [6, 6.07) is 21.4. The molecular weight excluding hydrogens is 396 g/mol. The van der Waals surface area contributed by atoms with Gasteiger partial charge in [-0.3, -0.25) is 0 Å². The van der Waals surface area contributed by atoms with Crippen LogP contribution in [-0.4, -0.2) is 58.1 Å². The summed E-state index contributed by atoms with van der Waals surface area (Å²) >= 11 is 0. The summed E-state index contributed by atoms with van der Waals surface area (Å²) in [4.78, 5) is 21.3. The smallest absolute Gasteiger partial charge is 0.174 e. The molecule has 0 atom stereocenters. The fourth-order valence-electron chi connectivity index (χ4n) is 4.42. The quantitative estimate of drug-likeness (QED) is 0.437. The van der Waals surface area contributed by atoms with Crippen molar-refractivity contribution in [2.45, 2.75) is 6.92 Å². The van der Waals surface area contributed by atoms with E-state index >= 15 is 0 Å². The Morgan fingerprint density at radius 2 is 1.28 bits per heavy atom. The third kappa shape index (κ3) is 3.42. The number of hydrogen-bond donors (Lipinski definition) is 2. The number of imidazole rings is 2. The minimum Gasteiger partial charge on any atom is -0.369 e. The zero-order valence-corrected chi connectivity index (χ0v) is 18.4. The van der Waals surface area contributed by atoms with Gasteiger partial charge in [0.05, 0.1) is 22.1 Å². The number of rotatable bonds is 3. The van der Waals surface area contributed by atoms with Gasteiger partial charge < -0.3 is 19.8 Å². The second-order valence-electron chi connectivity index (χ2n) is 8.76. The molecule has 5 aromatic rings. The zero-order valence-electron chi connectivity index (χ0n) is 18.4. The molecule has 0 saturated carbocycles. The van der Waals surface area contributed by atoms with Gasteiger partial charge in [0.2, 0.25) is 0 Å². The number of piperazine rings is 1. The van der Waals surface area contributed by atoms with E-state index in [9.17, 15) is 0 Å². The van der Waals surface area contributed by atoms with E-state index in [4.69, 9.17) is 9.97 Å². The Morgan fingerprint density at radius 3 is 1.97 bits per heavy atom. The summed E-state index contributed by atoms with van der Waals surface area (Å²) in [6.07, 6.45) is 0. The fourth-order valence-corrected chi connectivity index (χ4v) is 4.42. The molecule has 6 heteroatoms. The number of H-pyrrole nitrogens is 2. The predicted molar refractivity (Wildman–Crippen MR) is 131 cm³/mol. The second kappa shape index (κ2) is 7.50. The highest BCUT2D eigenvalue weighted by molar-refractivity contribution is 5.86. The average Bonchev–Trinajstić information content (AvgIpc) is 3.43. The first kappa shape index (κ1) is 19.1. The van der Waals surface area contributed by atoms with Crippen LogP contribution in [0, 0.1) is 6.92 Å². The van der Waals surface area contributed by atoms with E-state index in [1.54, 1.807) is 0 Å². The number of hydrogen-bond acceptors (Lipinski definition) is 4. The van der Waals surface area contributed by atoms with Crippen molar-refractivity contribution < 1.29 is 0 Å². The molecule has 160 valence electrons. The zero-order chi connectivity index (χ0) is 21.7. The Bertz CT molecular complexity index is 1400. The van der Waals surface area contributed by atoms with Crippen molar-refractivity contribution >= 4 is 27.8 Å². The van der Waals surface area contributed by atoms with Crippen LogP contribution in [0.1, 0.15) is 5.56 Å². The number of aromatic amines is 2. The van der Waals surface area contributed by atoms with Gasteiger partial charge in [-0.1, -0.05) is 35.9 Å². The highest BCUT2D eigenvalue weighted by Crippen LogP contribution is 2.28. The Hall–Kier alpha value is -3.64. The molecule has 0 bridgehead atoms. The Kier molecular flexibility index (Phi) is 4.47. The van der Waals surface area contributed by atoms with Crippen molar-refractivity contribution in [2.24, 2.45) is 0 Å². The van der Waals surface area contributed by atoms with Gasteiger partial charge in [-0.15, -0.1) is 0 Å². The van der Waals surface area contributed by atoms with E-state index in [1.165, 1.54) is 22.4 Å².